The largest absolute Gasteiger partial charge is 0.243 e. The first kappa shape index (κ1) is 14.4. The molecule has 110 valence electrons. The Labute approximate surface area is 126 Å². The van der Waals surface area contributed by atoms with Crippen LogP contribution < -0.4 is 0 Å². The van der Waals surface area contributed by atoms with E-state index >= 15 is 0 Å². The van der Waals surface area contributed by atoms with Crippen molar-refractivity contribution in [2.24, 2.45) is 0 Å². The van der Waals surface area contributed by atoms with Crippen LogP contribution in [0.15, 0.2) is 23.1 Å². The minimum atomic E-state index is -3.40. The Morgan fingerprint density at radius 1 is 1.15 bits per heavy atom. The van der Waals surface area contributed by atoms with E-state index in [1.165, 1.54) is 0 Å². The van der Waals surface area contributed by atoms with E-state index in [0.717, 1.165) is 36.8 Å². The van der Waals surface area contributed by atoms with Gasteiger partial charge >= 0.3 is 0 Å². The van der Waals surface area contributed by atoms with E-state index in [4.69, 9.17) is 11.6 Å². The highest BCUT2D eigenvalue weighted by atomic mass is 35.5. The van der Waals surface area contributed by atoms with Crippen molar-refractivity contribution >= 4 is 21.6 Å². The van der Waals surface area contributed by atoms with Crippen molar-refractivity contribution in [1.82, 2.24) is 4.31 Å². The molecule has 0 N–H and O–H groups in total. The van der Waals surface area contributed by atoms with Crippen molar-refractivity contribution < 1.29 is 8.42 Å². The van der Waals surface area contributed by atoms with Crippen LogP contribution in [0.2, 0.25) is 0 Å². The Hall–Kier alpha value is -0.580. The predicted octanol–water partition coefficient (Wildman–Crippen LogP) is 3.23. The number of fused-ring (bicyclic) bond motifs is 2. The van der Waals surface area contributed by atoms with Gasteiger partial charge in [-0.25, -0.2) is 8.42 Å². The second-order valence-corrected chi connectivity index (χ2v) is 8.49. The third kappa shape index (κ3) is 2.28. The minimum Gasteiger partial charge on any atom is -0.207 e. The molecule has 2 unspecified atom stereocenters. The summed E-state index contributed by atoms with van der Waals surface area (Å²) in [7, 11) is -3.40. The van der Waals surface area contributed by atoms with E-state index in [2.05, 4.69) is 0 Å². The number of sulfonamides is 1. The lowest BCUT2D eigenvalue weighted by Gasteiger charge is -2.36. The molecule has 0 radical (unpaired) electrons. The van der Waals surface area contributed by atoms with E-state index < -0.39 is 10.0 Å². The first-order chi connectivity index (χ1) is 9.39. The predicted molar refractivity (Wildman–Crippen MR) is 80.6 cm³/mol. The molecule has 2 saturated heterocycles. The quantitative estimate of drug-likeness (QED) is 0.786. The molecule has 20 heavy (non-hydrogen) atoms. The summed E-state index contributed by atoms with van der Waals surface area (Å²) in [6.07, 6.45) is 3.44. The molecule has 2 atom stereocenters. The highest BCUT2D eigenvalue weighted by Gasteiger charge is 2.47. The zero-order valence-electron chi connectivity index (χ0n) is 11.8. The van der Waals surface area contributed by atoms with E-state index in [0.29, 0.717) is 4.90 Å². The van der Waals surface area contributed by atoms with Crippen molar-refractivity contribution in [2.45, 2.75) is 61.9 Å². The van der Waals surface area contributed by atoms with E-state index in [9.17, 15) is 8.42 Å². The van der Waals surface area contributed by atoms with Gasteiger partial charge in [0.1, 0.15) is 0 Å². The number of halogens is 1. The molecule has 5 heteroatoms. The zero-order valence-corrected chi connectivity index (χ0v) is 13.4. The Bertz CT molecular complexity index is 615. The lowest BCUT2D eigenvalue weighted by Crippen LogP contribution is -2.46. The Kier molecular flexibility index (Phi) is 3.59. The molecule has 0 aromatic heterocycles. The van der Waals surface area contributed by atoms with Crippen molar-refractivity contribution in [1.29, 1.82) is 0 Å². The van der Waals surface area contributed by atoms with Gasteiger partial charge in [0, 0.05) is 17.5 Å². The van der Waals surface area contributed by atoms with Crippen LogP contribution in [0.5, 0.6) is 0 Å². The van der Waals surface area contributed by atoms with Crippen molar-refractivity contribution in [3.8, 4) is 0 Å². The Morgan fingerprint density at radius 2 is 1.75 bits per heavy atom. The first-order valence-corrected chi connectivity index (χ1v) is 9.02. The average molecular weight is 314 g/mol. The fourth-order valence-electron chi connectivity index (χ4n) is 3.56. The van der Waals surface area contributed by atoms with E-state index in [-0.39, 0.29) is 17.5 Å². The molecular formula is C15H20ClNO2S. The number of piperidine rings is 1. The summed E-state index contributed by atoms with van der Waals surface area (Å²) >= 11 is 6.24. The van der Waals surface area contributed by atoms with Gasteiger partial charge in [-0.05, 0) is 56.7 Å². The van der Waals surface area contributed by atoms with Gasteiger partial charge in [-0.1, -0.05) is 12.1 Å². The SMILES string of the molecule is Cc1ccc(C)c(S(=O)(=O)N2C3CCC2CC(Cl)C3)c1. The van der Waals surface area contributed by atoms with Crippen molar-refractivity contribution in [3.05, 3.63) is 29.3 Å². The fraction of sp³-hybridized carbons (Fsp3) is 0.600. The molecule has 2 bridgehead atoms. The maximum Gasteiger partial charge on any atom is 0.243 e. The topological polar surface area (TPSA) is 37.4 Å². The lowest BCUT2D eigenvalue weighted by molar-refractivity contribution is 0.251. The number of hydrogen-bond donors (Lipinski definition) is 0. The van der Waals surface area contributed by atoms with Crippen molar-refractivity contribution in [2.75, 3.05) is 0 Å². The van der Waals surface area contributed by atoms with Crippen LogP contribution >= 0.6 is 11.6 Å². The smallest absolute Gasteiger partial charge is 0.207 e. The van der Waals surface area contributed by atoms with Crippen LogP contribution in [0.25, 0.3) is 0 Å². The molecule has 0 aliphatic carbocycles. The van der Waals surface area contributed by atoms with Gasteiger partial charge < -0.3 is 0 Å². The van der Waals surface area contributed by atoms with Gasteiger partial charge in [0.25, 0.3) is 0 Å². The number of rotatable bonds is 2. The van der Waals surface area contributed by atoms with Crippen LogP contribution in [0.3, 0.4) is 0 Å². The minimum absolute atomic E-state index is 0.0844. The van der Waals surface area contributed by atoms with E-state index in [1.54, 1.807) is 10.4 Å². The summed E-state index contributed by atoms with van der Waals surface area (Å²) in [5.41, 5.74) is 1.80. The molecular weight excluding hydrogens is 294 g/mol. The van der Waals surface area contributed by atoms with Crippen LogP contribution in [0.4, 0.5) is 0 Å². The monoisotopic (exact) mass is 313 g/mol. The molecule has 2 aliphatic heterocycles. The summed E-state index contributed by atoms with van der Waals surface area (Å²) in [5, 5.41) is 0.123. The summed E-state index contributed by atoms with van der Waals surface area (Å²) in [6, 6.07) is 5.80. The molecule has 3 nitrogen and oxygen atoms in total. The van der Waals surface area contributed by atoms with E-state index in [1.807, 2.05) is 26.0 Å². The second kappa shape index (κ2) is 5.00. The summed E-state index contributed by atoms with van der Waals surface area (Å²) < 4.78 is 27.8. The van der Waals surface area contributed by atoms with Gasteiger partial charge in [-0.15, -0.1) is 11.6 Å². The number of alkyl halides is 1. The zero-order chi connectivity index (χ0) is 14.5. The number of aryl methyl sites for hydroxylation is 2. The molecule has 0 saturated carbocycles. The molecule has 2 heterocycles. The van der Waals surface area contributed by atoms with Crippen molar-refractivity contribution in [3.63, 3.8) is 0 Å². The third-order valence-electron chi connectivity index (χ3n) is 4.51. The number of benzene rings is 1. The molecule has 0 amide bonds. The van der Waals surface area contributed by atoms with Gasteiger partial charge in [0.05, 0.1) is 4.90 Å². The lowest BCUT2D eigenvalue weighted by atomic mass is 10.1. The number of nitrogens with zero attached hydrogens (tertiary/aromatic N) is 1. The van der Waals surface area contributed by atoms with Gasteiger partial charge in [-0.3, -0.25) is 0 Å². The fourth-order valence-corrected chi connectivity index (χ4v) is 6.18. The summed E-state index contributed by atoms with van der Waals surface area (Å²) in [5.74, 6) is 0. The van der Waals surface area contributed by atoms with Crippen LogP contribution in [0, 0.1) is 13.8 Å². The first-order valence-electron chi connectivity index (χ1n) is 7.14. The van der Waals surface area contributed by atoms with Gasteiger partial charge in [0.2, 0.25) is 10.0 Å². The van der Waals surface area contributed by atoms with Crippen LogP contribution in [-0.2, 0) is 10.0 Å². The molecule has 2 aliphatic rings. The maximum absolute atomic E-state index is 13.0. The van der Waals surface area contributed by atoms with Crippen LogP contribution in [0.1, 0.15) is 36.8 Å². The molecule has 1 aromatic rings. The second-order valence-electron chi connectivity index (χ2n) is 6.06. The standard InChI is InChI=1S/C15H20ClNO2S/c1-10-3-4-11(2)15(7-10)20(18,19)17-13-5-6-14(17)9-12(16)8-13/h3-4,7,12-14H,5-6,8-9H2,1-2H3. The summed E-state index contributed by atoms with van der Waals surface area (Å²) in [6.45, 7) is 3.79. The number of hydrogen-bond acceptors (Lipinski definition) is 2. The highest BCUT2D eigenvalue weighted by Crippen LogP contribution is 2.41. The van der Waals surface area contributed by atoms with Gasteiger partial charge in [-0.2, -0.15) is 4.31 Å². The normalized spacial score (nSPS) is 30.6. The summed E-state index contributed by atoms with van der Waals surface area (Å²) in [4.78, 5) is 0.461. The Balaban J connectivity index is 2.03. The van der Waals surface area contributed by atoms with Gasteiger partial charge in [0.15, 0.2) is 0 Å². The average Bonchev–Trinajstić information content (AvgIpc) is 2.66. The maximum atomic E-state index is 13.0. The molecule has 3 rings (SSSR count). The molecule has 2 fully saturated rings. The Morgan fingerprint density at radius 3 is 2.35 bits per heavy atom. The molecule has 0 spiro atoms. The molecule has 1 aromatic carbocycles. The van der Waals surface area contributed by atoms with Crippen LogP contribution in [-0.4, -0.2) is 30.2 Å². The highest BCUT2D eigenvalue weighted by molar-refractivity contribution is 7.89. The third-order valence-corrected chi connectivity index (χ3v) is 7.01.